The largest absolute Gasteiger partial charge is 0.382 e. The Morgan fingerprint density at radius 1 is 1.17 bits per heavy atom. The monoisotopic (exact) mass is 395 g/mol. The number of aryl methyl sites for hydroxylation is 2. The summed E-state index contributed by atoms with van der Waals surface area (Å²) in [6.07, 6.45) is 7.53. The van der Waals surface area contributed by atoms with Crippen LogP contribution < -0.4 is 16.6 Å². The van der Waals surface area contributed by atoms with Gasteiger partial charge in [-0.05, 0) is 50.3 Å². The average molecular weight is 395 g/mol. The summed E-state index contributed by atoms with van der Waals surface area (Å²) in [7, 11) is 0. The van der Waals surface area contributed by atoms with Gasteiger partial charge in [-0.3, -0.25) is 9.78 Å². The first kappa shape index (κ1) is 19.3. The third-order valence-corrected chi connectivity index (χ3v) is 5.35. The van der Waals surface area contributed by atoms with Gasteiger partial charge in [0.25, 0.3) is 5.56 Å². The van der Waals surface area contributed by atoms with Crippen LogP contribution in [-0.4, -0.2) is 31.8 Å². The number of nitrogens with one attached hydrogen (secondary N) is 2. The molecule has 2 heterocycles. The molecule has 2 aliphatic heterocycles. The van der Waals surface area contributed by atoms with Gasteiger partial charge in [-0.1, -0.05) is 12.8 Å². The predicted molar refractivity (Wildman–Crippen MR) is 112 cm³/mol. The molecule has 0 atom stereocenters. The molecule has 1 aromatic carbocycles. The van der Waals surface area contributed by atoms with Crippen LogP contribution in [-0.2, 0) is 11.3 Å². The SMILES string of the molecule is Cc1cc2nc3c(=O)[nH]c(=O)nc-3n(CCCCCCC=O)c2cc1NC1CC1. The molecule has 2 N–H and O–H groups in total. The van der Waals surface area contributed by atoms with Crippen molar-refractivity contribution in [2.24, 2.45) is 0 Å². The van der Waals surface area contributed by atoms with Gasteiger partial charge in [-0.15, -0.1) is 0 Å². The van der Waals surface area contributed by atoms with Crippen LogP contribution in [0.25, 0.3) is 22.6 Å². The quantitative estimate of drug-likeness (QED) is 0.327. The fourth-order valence-corrected chi connectivity index (χ4v) is 3.63. The Bertz CT molecular complexity index is 1130. The standard InChI is InChI=1S/C21H25N5O3/c1-13-11-16-17(12-15(13)22-14-7-8-14)26(9-5-3-2-4-6-10-27)19-18(23-16)20(28)25-21(29)24-19/h10-12,14,22H,2-9H2,1H3,(H,25,28,29). The van der Waals surface area contributed by atoms with E-state index in [-0.39, 0.29) is 5.69 Å². The van der Waals surface area contributed by atoms with Gasteiger partial charge in [-0.2, -0.15) is 4.98 Å². The van der Waals surface area contributed by atoms with E-state index in [1.807, 2.05) is 17.6 Å². The van der Waals surface area contributed by atoms with E-state index in [9.17, 15) is 14.4 Å². The normalized spacial score (nSPS) is 13.8. The molecule has 29 heavy (non-hydrogen) atoms. The second kappa shape index (κ2) is 8.14. The number of unbranched alkanes of at least 4 members (excludes halogenated alkanes) is 4. The Balaban J connectivity index is 1.77. The van der Waals surface area contributed by atoms with Gasteiger partial charge >= 0.3 is 5.69 Å². The Kier molecular flexibility index (Phi) is 5.42. The van der Waals surface area contributed by atoms with Crippen molar-refractivity contribution in [2.45, 2.75) is 64.5 Å². The van der Waals surface area contributed by atoms with Crippen molar-refractivity contribution in [3.8, 4) is 11.5 Å². The molecule has 8 nitrogen and oxygen atoms in total. The highest BCUT2D eigenvalue weighted by Gasteiger charge is 2.23. The lowest BCUT2D eigenvalue weighted by atomic mass is 10.1. The predicted octanol–water partition coefficient (Wildman–Crippen LogP) is 2.62. The summed E-state index contributed by atoms with van der Waals surface area (Å²) >= 11 is 0. The zero-order valence-electron chi connectivity index (χ0n) is 16.5. The third kappa shape index (κ3) is 4.21. The van der Waals surface area contributed by atoms with Crippen molar-refractivity contribution < 1.29 is 4.79 Å². The van der Waals surface area contributed by atoms with Crippen LogP contribution in [0.4, 0.5) is 5.69 Å². The number of H-pyrrole nitrogens is 1. The molecule has 0 aromatic heterocycles. The summed E-state index contributed by atoms with van der Waals surface area (Å²) in [4.78, 5) is 45.5. The van der Waals surface area contributed by atoms with Crippen molar-refractivity contribution in [2.75, 3.05) is 5.32 Å². The maximum Gasteiger partial charge on any atom is 0.349 e. The molecule has 4 rings (SSSR count). The second-order valence-electron chi connectivity index (χ2n) is 7.75. The van der Waals surface area contributed by atoms with Crippen LogP contribution in [0.1, 0.15) is 50.5 Å². The minimum Gasteiger partial charge on any atom is -0.382 e. The molecule has 0 saturated heterocycles. The van der Waals surface area contributed by atoms with Crippen LogP contribution in [0.3, 0.4) is 0 Å². The van der Waals surface area contributed by atoms with Crippen LogP contribution >= 0.6 is 0 Å². The summed E-state index contributed by atoms with van der Waals surface area (Å²) in [6, 6.07) is 4.54. The van der Waals surface area contributed by atoms with Crippen molar-refractivity contribution in [3.63, 3.8) is 0 Å². The molecule has 0 spiro atoms. The Hall–Kier alpha value is -3.03. The van der Waals surface area contributed by atoms with E-state index in [1.54, 1.807) is 0 Å². The minimum atomic E-state index is -0.660. The number of aromatic nitrogens is 4. The number of aldehydes is 1. The van der Waals surface area contributed by atoms with Crippen LogP contribution in [0.5, 0.6) is 0 Å². The first-order valence-electron chi connectivity index (χ1n) is 10.2. The van der Waals surface area contributed by atoms with Gasteiger partial charge in [0.2, 0.25) is 0 Å². The van der Waals surface area contributed by atoms with Gasteiger partial charge in [-0.25, -0.2) is 9.78 Å². The summed E-state index contributed by atoms with van der Waals surface area (Å²) < 4.78 is 1.94. The van der Waals surface area contributed by atoms with E-state index in [0.29, 0.717) is 30.3 Å². The van der Waals surface area contributed by atoms with E-state index < -0.39 is 11.2 Å². The molecule has 0 unspecified atom stereocenters. The lowest BCUT2D eigenvalue weighted by molar-refractivity contribution is -0.107. The summed E-state index contributed by atoms with van der Waals surface area (Å²) in [5.74, 6) is 0.320. The smallest absolute Gasteiger partial charge is 0.349 e. The van der Waals surface area contributed by atoms with Crippen molar-refractivity contribution in [1.82, 2.24) is 19.5 Å². The summed E-state index contributed by atoms with van der Waals surface area (Å²) in [6.45, 7) is 2.65. The third-order valence-electron chi connectivity index (χ3n) is 5.35. The number of rotatable bonds is 9. The molecule has 1 aromatic rings. The highest BCUT2D eigenvalue weighted by atomic mass is 16.2. The van der Waals surface area contributed by atoms with E-state index in [4.69, 9.17) is 0 Å². The van der Waals surface area contributed by atoms with Crippen molar-refractivity contribution in [1.29, 1.82) is 0 Å². The Morgan fingerprint density at radius 2 is 1.97 bits per heavy atom. The molecule has 0 amide bonds. The fraction of sp³-hybridized carbons (Fsp3) is 0.476. The van der Waals surface area contributed by atoms with E-state index >= 15 is 0 Å². The zero-order chi connectivity index (χ0) is 20.4. The first-order valence-corrected chi connectivity index (χ1v) is 10.2. The number of nitrogens with zero attached hydrogens (tertiary/aromatic N) is 3. The van der Waals surface area contributed by atoms with Crippen LogP contribution in [0, 0.1) is 6.92 Å². The number of hydrogen-bond donors (Lipinski definition) is 2. The molecule has 8 heteroatoms. The topological polar surface area (TPSA) is 110 Å². The lowest BCUT2D eigenvalue weighted by Gasteiger charge is -2.19. The van der Waals surface area contributed by atoms with E-state index in [1.165, 1.54) is 12.8 Å². The fourth-order valence-electron chi connectivity index (χ4n) is 3.63. The van der Waals surface area contributed by atoms with Gasteiger partial charge < -0.3 is 14.7 Å². The number of anilines is 1. The number of carbonyl (C=O) groups is 1. The number of benzene rings is 1. The number of hydrogen-bond acceptors (Lipinski definition) is 6. The molecule has 0 radical (unpaired) electrons. The van der Waals surface area contributed by atoms with E-state index in [0.717, 1.165) is 48.7 Å². The molecule has 3 aliphatic rings. The molecule has 1 saturated carbocycles. The van der Waals surface area contributed by atoms with Gasteiger partial charge in [0.15, 0.2) is 11.5 Å². The molecule has 1 fully saturated rings. The van der Waals surface area contributed by atoms with Gasteiger partial charge in [0.1, 0.15) is 6.29 Å². The molecular formula is C21H25N5O3. The molecule has 1 aliphatic carbocycles. The van der Waals surface area contributed by atoms with Crippen LogP contribution in [0.15, 0.2) is 21.7 Å². The second-order valence-corrected chi connectivity index (χ2v) is 7.75. The number of fused-ring (bicyclic) bond motifs is 2. The lowest BCUT2D eigenvalue weighted by Crippen LogP contribution is -2.29. The van der Waals surface area contributed by atoms with Crippen molar-refractivity contribution in [3.05, 3.63) is 38.5 Å². The minimum absolute atomic E-state index is 0.181. The number of carbonyl (C=O) groups excluding carboxylic acids is 1. The van der Waals surface area contributed by atoms with E-state index in [2.05, 4.69) is 26.3 Å². The summed E-state index contributed by atoms with van der Waals surface area (Å²) in [5.41, 5.74) is 2.70. The molecular weight excluding hydrogens is 370 g/mol. The first-order chi connectivity index (χ1) is 14.1. The average Bonchev–Trinajstić information content (AvgIpc) is 3.49. The Labute approximate surface area is 167 Å². The molecule has 0 bridgehead atoms. The Morgan fingerprint density at radius 3 is 2.72 bits per heavy atom. The summed E-state index contributed by atoms with van der Waals surface area (Å²) in [5, 5.41) is 3.54. The maximum atomic E-state index is 12.3. The van der Waals surface area contributed by atoms with Gasteiger partial charge in [0.05, 0.1) is 11.0 Å². The maximum absolute atomic E-state index is 12.3. The molecule has 152 valence electrons. The van der Waals surface area contributed by atoms with Crippen molar-refractivity contribution >= 4 is 23.0 Å². The van der Waals surface area contributed by atoms with Crippen LogP contribution in [0.2, 0.25) is 0 Å². The highest BCUT2D eigenvalue weighted by molar-refractivity contribution is 5.84. The highest BCUT2D eigenvalue weighted by Crippen LogP contribution is 2.31. The number of aromatic amines is 1. The van der Waals surface area contributed by atoms with Gasteiger partial charge in [0, 0.05) is 24.7 Å². The zero-order valence-corrected chi connectivity index (χ0v) is 16.5.